The van der Waals surface area contributed by atoms with Crippen LogP contribution in [0, 0.1) is 0 Å². The average molecular weight is 422 g/mol. The van der Waals surface area contributed by atoms with E-state index in [4.69, 9.17) is 0 Å². The van der Waals surface area contributed by atoms with Crippen molar-refractivity contribution in [3.63, 3.8) is 0 Å². The molecule has 0 N–H and O–H groups in total. The molecule has 1 heterocycles. The Bertz CT molecular complexity index is 1550. The van der Waals surface area contributed by atoms with Crippen LogP contribution in [0.1, 0.15) is 11.1 Å². The monoisotopic (exact) mass is 421 g/mol. The Kier molecular flexibility index (Phi) is 4.86. The number of hydrogen-bond donors (Lipinski definition) is 0. The second kappa shape index (κ2) is 8.29. The molecular formula is C32H23N. The van der Waals surface area contributed by atoms with Crippen molar-refractivity contribution < 1.29 is 0 Å². The van der Waals surface area contributed by atoms with Crippen molar-refractivity contribution >= 4 is 34.0 Å². The van der Waals surface area contributed by atoms with Gasteiger partial charge in [-0.1, -0.05) is 109 Å². The van der Waals surface area contributed by atoms with Gasteiger partial charge in [0, 0.05) is 16.5 Å². The predicted molar refractivity (Wildman–Crippen MR) is 142 cm³/mol. The number of fused-ring (bicyclic) bond motifs is 3. The second-order valence-electron chi connectivity index (χ2n) is 8.29. The van der Waals surface area contributed by atoms with E-state index in [1.54, 1.807) is 0 Å². The van der Waals surface area contributed by atoms with Crippen LogP contribution in [0.3, 0.4) is 0 Å². The molecule has 33 heavy (non-hydrogen) atoms. The molecule has 0 fully saturated rings. The van der Waals surface area contributed by atoms with E-state index in [0.717, 1.165) is 0 Å². The normalized spacial score (nSPS) is 11.5. The molecule has 0 saturated heterocycles. The van der Waals surface area contributed by atoms with Crippen LogP contribution in [-0.4, -0.2) is 4.57 Å². The standard InChI is InChI=1S/C32H23N/c1-2-10-24(11-3-1)20-21-25-12-8-13-26(22-25)27-14-9-15-28(23-27)33-31-18-6-4-16-29(31)30-17-5-7-19-32(30)33/h1-23H/b21-20+. The van der Waals surface area contributed by atoms with Crippen LogP contribution in [0.5, 0.6) is 0 Å². The van der Waals surface area contributed by atoms with Crippen LogP contribution < -0.4 is 0 Å². The lowest BCUT2D eigenvalue weighted by molar-refractivity contribution is 1.18. The van der Waals surface area contributed by atoms with E-state index in [-0.39, 0.29) is 0 Å². The predicted octanol–water partition coefficient (Wildman–Crippen LogP) is 8.62. The van der Waals surface area contributed by atoms with E-state index >= 15 is 0 Å². The number of hydrogen-bond acceptors (Lipinski definition) is 0. The van der Waals surface area contributed by atoms with Crippen molar-refractivity contribution in [3.8, 4) is 16.8 Å². The van der Waals surface area contributed by atoms with Gasteiger partial charge in [-0.3, -0.25) is 0 Å². The molecule has 0 spiro atoms. The molecular weight excluding hydrogens is 398 g/mol. The summed E-state index contributed by atoms with van der Waals surface area (Å²) in [6.07, 6.45) is 4.34. The third-order valence-electron chi connectivity index (χ3n) is 6.17. The zero-order valence-electron chi connectivity index (χ0n) is 18.2. The van der Waals surface area contributed by atoms with Gasteiger partial charge < -0.3 is 4.57 Å². The van der Waals surface area contributed by atoms with Gasteiger partial charge in [0.05, 0.1) is 11.0 Å². The summed E-state index contributed by atoms with van der Waals surface area (Å²) in [7, 11) is 0. The third-order valence-corrected chi connectivity index (χ3v) is 6.17. The van der Waals surface area contributed by atoms with Crippen molar-refractivity contribution in [1.29, 1.82) is 0 Å². The zero-order chi connectivity index (χ0) is 22.0. The fraction of sp³-hybridized carbons (Fsp3) is 0. The molecule has 0 unspecified atom stereocenters. The number of nitrogens with zero attached hydrogens (tertiary/aromatic N) is 1. The maximum absolute atomic E-state index is 2.37. The molecule has 0 aliphatic carbocycles. The minimum absolute atomic E-state index is 1.18. The second-order valence-corrected chi connectivity index (χ2v) is 8.29. The molecule has 6 rings (SSSR count). The van der Waals surface area contributed by atoms with Gasteiger partial charge in [-0.2, -0.15) is 0 Å². The van der Waals surface area contributed by atoms with Gasteiger partial charge in [0.25, 0.3) is 0 Å². The van der Waals surface area contributed by atoms with Crippen molar-refractivity contribution in [1.82, 2.24) is 4.57 Å². The molecule has 0 amide bonds. The summed E-state index contributed by atoms with van der Waals surface area (Å²) in [5.74, 6) is 0. The smallest absolute Gasteiger partial charge is 0.0541 e. The van der Waals surface area contributed by atoms with Crippen molar-refractivity contribution in [3.05, 3.63) is 139 Å². The summed E-state index contributed by atoms with van der Waals surface area (Å²) in [4.78, 5) is 0. The fourth-order valence-corrected chi connectivity index (χ4v) is 4.60. The lowest BCUT2D eigenvalue weighted by Gasteiger charge is -2.10. The van der Waals surface area contributed by atoms with Crippen molar-refractivity contribution in [2.45, 2.75) is 0 Å². The Hall–Kier alpha value is -4.36. The summed E-state index contributed by atoms with van der Waals surface area (Å²) in [5, 5.41) is 2.57. The van der Waals surface area contributed by atoms with E-state index in [9.17, 15) is 0 Å². The summed E-state index contributed by atoms with van der Waals surface area (Å²) in [6, 6.07) is 45.3. The van der Waals surface area contributed by atoms with Crippen molar-refractivity contribution in [2.75, 3.05) is 0 Å². The first-order valence-corrected chi connectivity index (χ1v) is 11.3. The lowest BCUT2D eigenvalue weighted by Crippen LogP contribution is -1.94. The van der Waals surface area contributed by atoms with Gasteiger partial charge >= 0.3 is 0 Å². The van der Waals surface area contributed by atoms with E-state index < -0.39 is 0 Å². The lowest BCUT2D eigenvalue weighted by atomic mass is 10.0. The molecule has 1 nitrogen and oxygen atoms in total. The van der Waals surface area contributed by atoms with E-state index in [0.29, 0.717) is 0 Å². The van der Waals surface area contributed by atoms with Gasteiger partial charge in [0.15, 0.2) is 0 Å². The summed E-state index contributed by atoms with van der Waals surface area (Å²) < 4.78 is 2.37. The zero-order valence-corrected chi connectivity index (χ0v) is 18.2. The summed E-state index contributed by atoms with van der Waals surface area (Å²) in [5.41, 5.74) is 8.47. The van der Waals surface area contributed by atoms with Gasteiger partial charge in [0.2, 0.25) is 0 Å². The molecule has 0 radical (unpaired) electrons. The van der Waals surface area contributed by atoms with Gasteiger partial charge in [0.1, 0.15) is 0 Å². The molecule has 0 aliphatic rings. The quantitative estimate of drug-likeness (QED) is 0.251. The molecule has 0 aliphatic heterocycles. The Labute approximate surface area is 193 Å². The molecule has 0 bridgehead atoms. The highest BCUT2D eigenvalue weighted by molar-refractivity contribution is 6.09. The largest absolute Gasteiger partial charge is 0.309 e. The molecule has 1 aromatic heterocycles. The average Bonchev–Trinajstić information content (AvgIpc) is 3.23. The Morgan fingerprint density at radius 2 is 0.970 bits per heavy atom. The van der Waals surface area contributed by atoms with Crippen molar-refractivity contribution in [2.24, 2.45) is 0 Å². The van der Waals surface area contributed by atoms with E-state index in [2.05, 4.69) is 138 Å². The van der Waals surface area contributed by atoms with Crippen LogP contribution in [0.15, 0.2) is 127 Å². The molecule has 6 aromatic rings. The first-order valence-electron chi connectivity index (χ1n) is 11.3. The van der Waals surface area contributed by atoms with Crippen LogP contribution in [0.25, 0.3) is 50.8 Å². The number of para-hydroxylation sites is 2. The molecule has 0 atom stereocenters. The Morgan fingerprint density at radius 1 is 0.424 bits per heavy atom. The number of rotatable bonds is 4. The van der Waals surface area contributed by atoms with E-state index in [1.165, 1.54) is 49.7 Å². The summed E-state index contributed by atoms with van der Waals surface area (Å²) >= 11 is 0. The van der Waals surface area contributed by atoms with Gasteiger partial charge in [-0.05, 0) is 52.6 Å². The van der Waals surface area contributed by atoms with Gasteiger partial charge in [-0.15, -0.1) is 0 Å². The fourth-order valence-electron chi connectivity index (χ4n) is 4.60. The highest BCUT2D eigenvalue weighted by Gasteiger charge is 2.11. The highest BCUT2D eigenvalue weighted by Crippen LogP contribution is 2.33. The van der Waals surface area contributed by atoms with E-state index in [1.807, 2.05) is 6.07 Å². The number of benzene rings is 5. The van der Waals surface area contributed by atoms with Crippen LogP contribution in [-0.2, 0) is 0 Å². The minimum atomic E-state index is 1.18. The topological polar surface area (TPSA) is 4.93 Å². The molecule has 1 heteroatoms. The SMILES string of the molecule is C(=C\c1cccc(-c2cccc(-n3c4ccccc4c4ccccc43)c2)c1)/c1ccccc1. The summed E-state index contributed by atoms with van der Waals surface area (Å²) in [6.45, 7) is 0. The first kappa shape index (κ1) is 19.3. The molecule has 156 valence electrons. The highest BCUT2D eigenvalue weighted by atomic mass is 15.0. The third kappa shape index (κ3) is 3.64. The van der Waals surface area contributed by atoms with Crippen LogP contribution >= 0.6 is 0 Å². The minimum Gasteiger partial charge on any atom is -0.309 e. The molecule has 5 aromatic carbocycles. The Balaban J connectivity index is 1.43. The maximum atomic E-state index is 2.37. The van der Waals surface area contributed by atoms with Crippen LogP contribution in [0.4, 0.5) is 0 Å². The number of aromatic nitrogens is 1. The first-order chi connectivity index (χ1) is 16.4. The van der Waals surface area contributed by atoms with Gasteiger partial charge in [-0.25, -0.2) is 0 Å². The Morgan fingerprint density at radius 3 is 1.70 bits per heavy atom. The van der Waals surface area contributed by atoms with Crippen LogP contribution in [0.2, 0.25) is 0 Å². The maximum Gasteiger partial charge on any atom is 0.0541 e. The molecule has 0 saturated carbocycles.